The summed E-state index contributed by atoms with van der Waals surface area (Å²) in [5.41, 5.74) is 0.985. The van der Waals surface area contributed by atoms with Gasteiger partial charge in [0.2, 0.25) is 5.91 Å². The van der Waals surface area contributed by atoms with Crippen molar-refractivity contribution in [2.24, 2.45) is 0 Å². The normalized spacial score (nSPS) is 18.7. The average molecular weight is 287 g/mol. The molecule has 2 N–H and O–H groups in total. The Kier molecular flexibility index (Phi) is 3.41. The predicted molar refractivity (Wildman–Crippen MR) is 77.0 cm³/mol. The zero-order chi connectivity index (χ0) is 14.9. The van der Waals surface area contributed by atoms with Crippen molar-refractivity contribution in [3.63, 3.8) is 0 Å². The van der Waals surface area contributed by atoms with Crippen LogP contribution in [0.15, 0.2) is 24.3 Å². The Labute approximate surface area is 122 Å². The Hall–Kier alpha value is -2.30. The first-order valence-corrected chi connectivity index (χ1v) is 7.08. The first-order chi connectivity index (χ1) is 10.1. The van der Waals surface area contributed by atoms with Gasteiger partial charge in [0.1, 0.15) is 11.3 Å². The van der Waals surface area contributed by atoms with Gasteiger partial charge >= 0.3 is 5.97 Å². The summed E-state index contributed by atoms with van der Waals surface area (Å²) in [5.74, 6) is -0.421. The highest BCUT2D eigenvalue weighted by Crippen LogP contribution is 2.32. The van der Waals surface area contributed by atoms with E-state index in [1.54, 1.807) is 6.08 Å². The number of ether oxygens (including phenoxy) is 1. The fourth-order valence-electron chi connectivity index (χ4n) is 2.68. The maximum Gasteiger partial charge on any atom is 0.329 e. The number of carboxylic acid groups (broad SMARTS) is 1. The molecule has 1 fully saturated rings. The van der Waals surface area contributed by atoms with Crippen molar-refractivity contribution < 1.29 is 19.4 Å². The molecule has 1 aliphatic carbocycles. The zero-order valence-corrected chi connectivity index (χ0v) is 11.6. The summed E-state index contributed by atoms with van der Waals surface area (Å²) in [6.07, 6.45) is 5.80. The third-order valence-corrected chi connectivity index (χ3v) is 4.12. The van der Waals surface area contributed by atoms with Crippen LogP contribution in [-0.2, 0) is 16.0 Å². The summed E-state index contributed by atoms with van der Waals surface area (Å²) < 4.78 is 5.42. The third-order valence-electron chi connectivity index (χ3n) is 4.12. The van der Waals surface area contributed by atoms with Gasteiger partial charge in [-0.25, -0.2) is 4.79 Å². The van der Waals surface area contributed by atoms with Crippen LogP contribution < -0.4 is 10.1 Å². The highest BCUT2D eigenvalue weighted by molar-refractivity contribution is 5.96. The van der Waals surface area contributed by atoms with Crippen LogP contribution in [0, 0.1) is 0 Å². The van der Waals surface area contributed by atoms with Gasteiger partial charge in [-0.2, -0.15) is 0 Å². The minimum absolute atomic E-state index is 0.367. The van der Waals surface area contributed by atoms with Crippen LogP contribution in [-0.4, -0.2) is 29.1 Å². The van der Waals surface area contributed by atoms with Gasteiger partial charge in [-0.3, -0.25) is 4.79 Å². The van der Waals surface area contributed by atoms with Crippen LogP contribution in [0.25, 0.3) is 6.08 Å². The maximum atomic E-state index is 11.9. The van der Waals surface area contributed by atoms with E-state index >= 15 is 0 Å². The lowest BCUT2D eigenvalue weighted by molar-refractivity contribution is -0.151. The van der Waals surface area contributed by atoms with Crippen LogP contribution in [0.5, 0.6) is 5.75 Å². The van der Waals surface area contributed by atoms with Gasteiger partial charge in [-0.05, 0) is 48.6 Å². The molecule has 1 aromatic carbocycles. The fourth-order valence-corrected chi connectivity index (χ4v) is 2.68. The summed E-state index contributed by atoms with van der Waals surface area (Å²) >= 11 is 0. The Balaban J connectivity index is 1.66. The molecule has 110 valence electrons. The van der Waals surface area contributed by atoms with Gasteiger partial charge in [0.25, 0.3) is 0 Å². The SMILES string of the molecule is O=C(/C=C/c1ccc2c(c1)CCO2)NC1(C(=O)O)CCC1. The number of benzene rings is 1. The number of amides is 1. The summed E-state index contributed by atoms with van der Waals surface area (Å²) in [5, 5.41) is 11.8. The topological polar surface area (TPSA) is 75.6 Å². The standard InChI is InChI=1S/C16H17NO4/c18-14(17-16(15(19)20)7-1-8-16)5-3-11-2-4-13-12(10-11)6-9-21-13/h2-5,10H,1,6-9H2,(H,17,18)(H,19,20)/b5-3+. The van der Waals surface area contributed by atoms with Crippen molar-refractivity contribution in [3.05, 3.63) is 35.4 Å². The minimum Gasteiger partial charge on any atom is -0.493 e. The van der Waals surface area contributed by atoms with Crippen molar-refractivity contribution in [1.29, 1.82) is 0 Å². The number of hydrogen-bond acceptors (Lipinski definition) is 3. The molecule has 0 radical (unpaired) electrons. The number of fused-ring (bicyclic) bond motifs is 1. The second-order valence-electron chi connectivity index (χ2n) is 5.53. The van der Waals surface area contributed by atoms with Crippen molar-refractivity contribution in [2.75, 3.05) is 6.61 Å². The number of carboxylic acids is 1. The molecule has 1 aromatic rings. The average Bonchev–Trinajstić information content (AvgIpc) is 2.87. The van der Waals surface area contributed by atoms with Crippen molar-refractivity contribution in [2.45, 2.75) is 31.2 Å². The molecule has 0 unspecified atom stereocenters. The molecule has 5 heteroatoms. The molecule has 0 aromatic heterocycles. The monoisotopic (exact) mass is 287 g/mol. The molecular weight excluding hydrogens is 270 g/mol. The molecule has 0 spiro atoms. The number of carbonyl (C=O) groups excluding carboxylic acids is 1. The Morgan fingerprint density at radius 2 is 2.14 bits per heavy atom. The summed E-state index contributed by atoms with van der Waals surface area (Å²) in [6, 6.07) is 5.76. The van der Waals surface area contributed by atoms with Gasteiger partial charge in [0, 0.05) is 12.5 Å². The quantitative estimate of drug-likeness (QED) is 0.827. The second-order valence-corrected chi connectivity index (χ2v) is 5.53. The van der Waals surface area contributed by atoms with Gasteiger partial charge in [0.15, 0.2) is 0 Å². The number of aliphatic carboxylic acids is 1. The Morgan fingerprint density at radius 3 is 2.81 bits per heavy atom. The van der Waals surface area contributed by atoms with Crippen molar-refractivity contribution >= 4 is 18.0 Å². The van der Waals surface area contributed by atoms with Crippen LogP contribution >= 0.6 is 0 Å². The van der Waals surface area contributed by atoms with E-state index in [0.29, 0.717) is 19.4 Å². The summed E-state index contributed by atoms with van der Waals surface area (Å²) in [6.45, 7) is 0.699. The highest BCUT2D eigenvalue weighted by Gasteiger charge is 2.45. The van der Waals surface area contributed by atoms with Crippen molar-refractivity contribution in [3.8, 4) is 5.75 Å². The molecular formula is C16H17NO4. The molecule has 1 heterocycles. The Morgan fingerprint density at radius 1 is 1.33 bits per heavy atom. The van der Waals surface area contributed by atoms with E-state index in [9.17, 15) is 14.7 Å². The number of hydrogen-bond donors (Lipinski definition) is 2. The first kappa shape index (κ1) is 13.7. The second kappa shape index (κ2) is 5.24. The van der Waals surface area contributed by atoms with E-state index in [2.05, 4.69) is 5.32 Å². The van der Waals surface area contributed by atoms with Crippen LogP contribution in [0.4, 0.5) is 0 Å². The molecule has 1 aliphatic heterocycles. The highest BCUT2D eigenvalue weighted by atomic mass is 16.5. The van der Waals surface area contributed by atoms with E-state index < -0.39 is 11.5 Å². The molecule has 0 bridgehead atoms. The van der Waals surface area contributed by atoms with Gasteiger partial charge < -0.3 is 15.2 Å². The summed E-state index contributed by atoms with van der Waals surface area (Å²) in [7, 11) is 0. The molecule has 1 amide bonds. The molecule has 1 saturated carbocycles. The van der Waals surface area contributed by atoms with Crippen LogP contribution in [0.2, 0.25) is 0 Å². The van der Waals surface area contributed by atoms with E-state index in [4.69, 9.17) is 4.74 Å². The molecule has 0 atom stereocenters. The van der Waals surface area contributed by atoms with E-state index in [-0.39, 0.29) is 5.91 Å². The fraction of sp³-hybridized carbons (Fsp3) is 0.375. The molecule has 5 nitrogen and oxygen atoms in total. The molecule has 0 saturated heterocycles. The summed E-state index contributed by atoms with van der Waals surface area (Å²) in [4.78, 5) is 23.1. The maximum absolute atomic E-state index is 11.9. The molecule has 3 rings (SSSR count). The molecule has 2 aliphatic rings. The van der Waals surface area contributed by atoms with Crippen LogP contribution in [0.3, 0.4) is 0 Å². The van der Waals surface area contributed by atoms with E-state index in [1.165, 1.54) is 6.08 Å². The first-order valence-electron chi connectivity index (χ1n) is 7.08. The lowest BCUT2D eigenvalue weighted by Crippen LogP contribution is -2.58. The van der Waals surface area contributed by atoms with Gasteiger partial charge in [-0.15, -0.1) is 0 Å². The lowest BCUT2D eigenvalue weighted by atomic mass is 9.77. The zero-order valence-electron chi connectivity index (χ0n) is 11.6. The number of nitrogens with one attached hydrogen (secondary N) is 1. The van der Waals surface area contributed by atoms with Crippen molar-refractivity contribution in [1.82, 2.24) is 5.32 Å². The largest absolute Gasteiger partial charge is 0.493 e. The van der Waals surface area contributed by atoms with E-state index in [0.717, 1.165) is 29.7 Å². The predicted octanol–water partition coefficient (Wildman–Crippen LogP) is 1.76. The number of carbonyl (C=O) groups is 2. The Bertz CT molecular complexity index is 617. The smallest absolute Gasteiger partial charge is 0.329 e. The molecule has 21 heavy (non-hydrogen) atoms. The minimum atomic E-state index is -1.06. The lowest BCUT2D eigenvalue weighted by Gasteiger charge is -2.37. The van der Waals surface area contributed by atoms with Gasteiger partial charge in [-0.1, -0.05) is 6.07 Å². The van der Waals surface area contributed by atoms with Gasteiger partial charge in [0.05, 0.1) is 6.61 Å². The van der Waals surface area contributed by atoms with Crippen LogP contribution in [0.1, 0.15) is 30.4 Å². The van der Waals surface area contributed by atoms with E-state index in [1.807, 2.05) is 18.2 Å². The third kappa shape index (κ3) is 2.63. The number of rotatable bonds is 4.